The molecule has 1 saturated heterocycles. The maximum atomic E-state index is 12.6. The Labute approximate surface area is 128 Å². The minimum Gasteiger partial charge on any atom is -0.464 e. The average molecular weight is 309 g/mol. The third-order valence-corrected chi connectivity index (χ3v) is 4.24. The van der Waals surface area contributed by atoms with Crippen LogP contribution in [0.3, 0.4) is 0 Å². The highest BCUT2D eigenvalue weighted by molar-refractivity contribution is 7.99. The summed E-state index contributed by atoms with van der Waals surface area (Å²) in [5, 5.41) is 0. The number of nitrogens with two attached hydrogens (primary N) is 1. The maximum absolute atomic E-state index is 12.6. The largest absolute Gasteiger partial charge is 0.464 e. The van der Waals surface area contributed by atoms with Crippen LogP contribution in [0.25, 0.3) is 0 Å². The molecule has 1 unspecified atom stereocenters. The predicted molar refractivity (Wildman–Crippen MR) is 80.9 cm³/mol. The van der Waals surface area contributed by atoms with E-state index in [-0.39, 0.29) is 18.4 Å². The number of amides is 1. The number of thioether (sulfide) groups is 1. The van der Waals surface area contributed by atoms with Gasteiger partial charge in [0.25, 0.3) is 5.91 Å². The van der Waals surface area contributed by atoms with Crippen molar-refractivity contribution in [1.82, 2.24) is 9.88 Å². The van der Waals surface area contributed by atoms with E-state index in [1.165, 1.54) is 0 Å². The zero-order chi connectivity index (χ0) is 15.2. The Morgan fingerprint density at radius 3 is 3.10 bits per heavy atom. The van der Waals surface area contributed by atoms with E-state index in [1.807, 2.05) is 0 Å². The molecule has 0 spiro atoms. The van der Waals surface area contributed by atoms with E-state index in [0.29, 0.717) is 30.2 Å². The van der Waals surface area contributed by atoms with Gasteiger partial charge in [-0.1, -0.05) is 0 Å². The summed E-state index contributed by atoms with van der Waals surface area (Å²) >= 11 is 1.65. The molecule has 2 N–H and O–H groups in total. The summed E-state index contributed by atoms with van der Waals surface area (Å²) < 4.78 is 5.06. The fraction of sp³-hybridized carbons (Fsp3) is 0.500. The van der Waals surface area contributed by atoms with Crippen LogP contribution in [-0.2, 0) is 16.1 Å². The minimum absolute atomic E-state index is 0.176. The third-order valence-electron chi connectivity index (χ3n) is 3.22. The molecule has 21 heavy (non-hydrogen) atoms. The normalized spacial score (nSPS) is 18.4. The van der Waals surface area contributed by atoms with Crippen LogP contribution < -0.4 is 5.73 Å². The van der Waals surface area contributed by atoms with E-state index in [2.05, 4.69) is 4.98 Å². The standard InChI is InChI=1S/C14H19N3O3S/c1-2-20-14(19)12-9-21-6-5-17(12)13(18)10-3-4-16-11(7-10)8-15/h3-4,7,12H,2,5-6,8-9,15H2,1H3. The van der Waals surface area contributed by atoms with Gasteiger partial charge in [0.2, 0.25) is 0 Å². The monoisotopic (exact) mass is 309 g/mol. The van der Waals surface area contributed by atoms with Crippen molar-refractivity contribution >= 4 is 23.6 Å². The molecule has 2 heterocycles. The molecule has 0 aliphatic carbocycles. The zero-order valence-electron chi connectivity index (χ0n) is 11.9. The van der Waals surface area contributed by atoms with Crippen molar-refractivity contribution in [2.75, 3.05) is 24.7 Å². The number of carbonyl (C=O) groups excluding carboxylic acids is 2. The van der Waals surface area contributed by atoms with Crippen molar-refractivity contribution < 1.29 is 14.3 Å². The molecule has 1 aliphatic rings. The second-order valence-electron chi connectivity index (χ2n) is 4.58. The molecule has 0 radical (unpaired) electrons. The molecule has 1 amide bonds. The van der Waals surface area contributed by atoms with Crippen LogP contribution >= 0.6 is 11.8 Å². The Morgan fingerprint density at radius 1 is 1.57 bits per heavy atom. The quantitative estimate of drug-likeness (QED) is 0.822. The summed E-state index contributed by atoms with van der Waals surface area (Å²) in [7, 11) is 0. The summed E-state index contributed by atoms with van der Waals surface area (Å²) in [5.41, 5.74) is 6.71. The summed E-state index contributed by atoms with van der Waals surface area (Å²) in [6.45, 7) is 2.89. The lowest BCUT2D eigenvalue weighted by Gasteiger charge is -2.33. The lowest BCUT2D eigenvalue weighted by atomic mass is 10.1. The van der Waals surface area contributed by atoms with Gasteiger partial charge in [0.05, 0.1) is 12.3 Å². The molecule has 7 heteroatoms. The molecule has 1 atom stereocenters. The van der Waals surface area contributed by atoms with E-state index in [4.69, 9.17) is 10.5 Å². The molecule has 1 aliphatic heterocycles. The first-order valence-corrected chi connectivity index (χ1v) is 8.03. The second-order valence-corrected chi connectivity index (χ2v) is 5.73. The van der Waals surface area contributed by atoms with Crippen molar-refractivity contribution in [2.24, 2.45) is 5.73 Å². The van der Waals surface area contributed by atoms with Crippen molar-refractivity contribution in [2.45, 2.75) is 19.5 Å². The van der Waals surface area contributed by atoms with Crippen molar-refractivity contribution in [3.8, 4) is 0 Å². The zero-order valence-corrected chi connectivity index (χ0v) is 12.8. The summed E-state index contributed by atoms with van der Waals surface area (Å²) in [6, 6.07) is 2.79. The molecule has 0 saturated carbocycles. The summed E-state index contributed by atoms with van der Waals surface area (Å²) in [5.74, 6) is 0.868. The minimum atomic E-state index is -0.523. The van der Waals surface area contributed by atoms with Crippen molar-refractivity contribution in [3.63, 3.8) is 0 Å². The second kappa shape index (κ2) is 7.42. The average Bonchev–Trinajstić information content (AvgIpc) is 2.54. The number of aromatic nitrogens is 1. The Balaban J connectivity index is 2.19. The fourth-order valence-corrected chi connectivity index (χ4v) is 3.20. The number of esters is 1. The van der Waals surface area contributed by atoms with Crippen LogP contribution in [0.1, 0.15) is 23.0 Å². The Morgan fingerprint density at radius 2 is 2.38 bits per heavy atom. The van der Waals surface area contributed by atoms with Gasteiger partial charge in [-0.15, -0.1) is 0 Å². The van der Waals surface area contributed by atoms with Gasteiger partial charge in [-0.05, 0) is 19.1 Å². The van der Waals surface area contributed by atoms with E-state index in [1.54, 1.807) is 41.9 Å². The third kappa shape index (κ3) is 3.74. The number of hydrogen-bond acceptors (Lipinski definition) is 6. The first kappa shape index (κ1) is 15.8. The SMILES string of the molecule is CCOC(=O)C1CSCCN1C(=O)c1ccnc(CN)c1. The maximum Gasteiger partial charge on any atom is 0.329 e. The van der Waals surface area contributed by atoms with Crippen LogP contribution in [0.15, 0.2) is 18.3 Å². The lowest BCUT2D eigenvalue weighted by Crippen LogP contribution is -2.51. The van der Waals surface area contributed by atoms with E-state index in [0.717, 1.165) is 5.75 Å². The van der Waals surface area contributed by atoms with Crippen molar-refractivity contribution in [3.05, 3.63) is 29.6 Å². The molecule has 6 nitrogen and oxygen atoms in total. The van der Waals surface area contributed by atoms with Gasteiger partial charge < -0.3 is 15.4 Å². The summed E-state index contributed by atoms with van der Waals surface area (Å²) in [6.07, 6.45) is 1.56. The Hall–Kier alpha value is -1.60. The number of ether oxygens (including phenoxy) is 1. The van der Waals surface area contributed by atoms with E-state index >= 15 is 0 Å². The molecule has 1 aromatic rings. The molecular weight excluding hydrogens is 290 g/mol. The van der Waals surface area contributed by atoms with E-state index in [9.17, 15) is 9.59 Å². The van der Waals surface area contributed by atoms with E-state index < -0.39 is 6.04 Å². The predicted octanol–water partition coefficient (Wildman–Crippen LogP) is 0.661. The summed E-state index contributed by atoms with van der Waals surface area (Å²) in [4.78, 5) is 30.3. The molecule has 1 aromatic heterocycles. The molecule has 2 rings (SSSR count). The smallest absolute Gasteiger partial charge is 0.329 e. The fourth-order valence-electron chi connectivity index (χ4n) is 2.17. The van der Waals surface area contributed by atoms with Gasteiger partial charge in [-0.25, -0.2) is 4.79 Å². The van der Waals surface area contributed by atoms with Gasteiger partial charge >= 0.3 is 5.97 Å². The van der Waals surface area contributed by atoms with Crippen LogP contribution in [0.4, 0.5) is 0 Å². The molecular formula is C14H19N3O3S. The number of carbonyl (C=O) groups is 2. The van der Waals surface area contributed by atoms with Gasteiger partial charge in [0.15, 0.2) is 0 Å². The number of pyridine rings is 1. The van der Waals surface area contributed by atoms with Gasteiger partial charge in [0.1, 0.15) is 6.04 Å². The first-order valence-electron chi connectivity index (χ1n) is 6.87. The Bertz CT molecular complexity index is 524. The highest BCUT2D eigenvalue weighted by atomic mass is 32.2. The molecule has 0 aromatic carbocycles. The van der Waals surface area contributed by atoms with Crippen LogP contribution in [0.2, 0.25) is 0 Å². The first-order chi connectivity index (χ1) is 10.2. The van der Waals surface area contributed by atoms with Crippen LogP contribution in [0, 0.1) is 0 Å². The number of nitrogens with zero attached hydrogens (tertiary/aromatic N) is 2. The van der Waals surface area contributed by atoms with Gasteiger partial charge in [0, 0.05) is 36.4 Å². The van der Waals surface area contributed by atoms with Crippen molar-refractivity contribution in [1.29, 1.82) is 0 Å². The highest BCUT2D eigenvalue weighted by Gasteiger charge is 2.34. The lowest BCUT2D eigenvalue weighted by molar-refractivity contribution is -0.147. The van der Waals surface area contributed by atoms with Gasteiger partial charge in [-0.3, -0.25) is 9.78 Å². The van der Waals surface area contributed by atoms with Crippen LogP contribution in [-0.4, -0.2) is 52.5 Å². The molecule has 114 valence electrons. The number of hydrogen-bond donors (Lipinski definition) is 1. The van der Waals surface area contributed by atoms with Gasteiger partial charge in [-0.2, -0.15) is 11.8 Å². The Kier molecular flexibility index (Phi) is 5.58. The van der Waals surface area contributed by atoms with Crippen LogP contribution in [0.5, 0.6) is 0 Å². The molecule has 0 bridgehead atoms. The number of rotatable bonds is 4. The topological polar surface area (TPSA) is 85.5 Å². The highest BCUT2D eigenvalue weighted by Crippen LogP contribution is 2.20. The molecule has 1 fully saturated rings.